The lowest BCUT2D eigenvalue weighted by atomic mass is 10.2. The molecule has 2 aromatic rings. The van der Waals surface area contributed by atoms with Crippen molar-refractivity contribution in [3.05, 3.63) is 59.7 Å². The first kappa shape index (κ1) is 21.0. The number of carbonyl (C=O) groups excluding carboxylic acids is 2. The number of anilines is 1. The maximum absolute atomic E-state index is 12.0. The molecule has 0 aliphatic carbocycles. The van der Waals surface area contributed by atoms with E-state index in [1.807, 2.05) is 24.3 Å². The van der Waals surface area contributed by atoms with E-state index >= 15 is 0 Å². The van der Waals surface area contributed by atoms with Crippen molar-refractivity contribution in [3.63, 3.8) is 0 Å². The lowest BCUT2D eigenvalue weighted by molar-refractivity contribution is -0.120. The van der Waals surface area contributed by atoms with E-state index < -0.39 is 5.91 Å². The third kappa shape index (κ3) is 6.12. The number of nitrogens with zero attached hydrogens (tertiary/aromatic N) is 2. The lowest BCUT2D eigenvalue weighted by Crippen LogP contribution is -2.34. The molecule has 0 atom stereocenters. The molecule has 0 saturated carbocycles. The molecule has 2 N–H and O–H groups in total. The number of hydrazone groups is 1. The van der Waals surface area contributed by atoms with Crippen LogP contribution in [0.5, 0.6) is 5.75 Å². The summed E-state index contributed by atoms with van der Waals surface area (Å²) in [6.45, 7) is 5.96. The topological polar surface area (TPSA) is 83.0 Å². The molecule has 0 fully saturated rings. The Morgan fingerprint density at radius 3 is 2.25 bits per heavy atom. The highest BCUT2D eigenvalue weighted by Crippen LogP contribution is 2.14. The van der Waals surface area contributed by atoms with Gasteiger partial charge in [-0.05, 0) is 55.8 Å². The number of hydrogen-bond acceptors (Lipinski definition) is 5. The Hall–Kier alpha value is -3.35. The number of hydrogen-bond donors (Lipinski definition) is 2. The van der Waals surface area contributed by atoms with Crippen molar-refractivity contribution in [1.82, 2.24) is 10.7 Å². The Morgan fingerprint density at radius 1 is 1.04 bits per heavy atom. The Balaban J connectivity index is 1.79. The van der Waals surface area contributed by atoms with Gasteiger partial charge in [0.2, 0.25) is 0 Å². The van der Waals surface area contributed by atoms with Gasteiger partial charge in [-0.1, -0.05) is 12.1 Å². The van der Waals surface area contributed by atoms with E-state index in [0.29, 0.717) is 11.3 Å². The molecule has 0 aromatic heterocycles. The molecule has 2 rings (SSSR count). The smallest absolute Gasteiger partial charge is 0.259 e. The monoisotopic (exact) mass is 382 g/mol. The van der Waals surface area contributed by atoms with Crippen LogP contribution in [0.1, 0.15) is 29.8 Å². The minimum absolute atomic E-state index is 0.164. The van der Waals surface area contributed by atoms with Crippen molar-refractivity contribution in [3.8, 4) is 5.75 Å². The van der Waals surface area contributed by atoms with E-state index in [0.717, 1.165) is 24.3 Å². The van der Waals surface area contributed by atoms with E-state index in [1.165, 1.54) is 0 Å². The largest absolute Gasteiger partial charge is 0.497 e. The average Bonchev–Trinajstić information content (AvgIpc) is 2.74. The summed E-state index contributed by atoms with van der Waals surface area (Å²) in [6, 6.07) is 14.5. The maximum Gasteiger partial charge on any atom is 0.259 e. The van der Waals surface area contributed by atoms with Crippen LogP contribution in [0.4, 0.5) is 5.69 Å². The highest BCUT2D eigenvalue weighted by Gasteiger charge is 2.07. The minimum Gasteiger partial charge on any atom is -0.497 e. The second kappa shape index (κ2) is 10.7. The molecule has 2 amide bonds. The number of benzene rings is 2. The fourth-order valence-electron chi connectivity index (χ4n) is 2.58. The Morgan fingerprint density at radius 2 is 1.68 bits per heavy atom. The number of ether oxygens (including phenoxy) is 1. The standard InChI is InChI=1S/C21H26N4O3/c1-4-25(5-2)18-10-6-16(7-11-18)14-23-24-20(26)15-22-21(27)17-8-12-19(28-3)13-9-17/h6-14H,4-5,15H2,1-3H3,(H,22,27)(H,24,26). The zero-order valence-electron chi connectivity index (χ0n) is 16.4. The highest BCUT2D eigenvalue weighted by molar-refractivity contribution is 5.96. The summed E-state index contributed by atoms with van der Waals surface area (Å²) >= 11 is 0. The number of methoxy groups -OCH3 is 1. The van der Waals surface area contributed by atoms with Crippen LogP contribution in [0, 0.1) is 0 Å². The van der Waals surface area contributed by atoms with Crippen LogP contribution in [0.2, 0.25) is 0 Å². The molecule has 28 heavy (non-hydrogen) atoms. The van der Waals surface area contributed by atoms with Gasteiger partial charge >= 0.3 is 0 Å². The highest BCUT2D eigenvalue weighted by atomic mass is 16.5. The molecule has 0 bridgehead atoms. The lowest BCUT2D eigenvalue weighted by Gasteiger charge is -2.20. The van der Waals surface area contributed by atoms with Gasteiger partial charge in [0.15, 0.2) is 0 Å². The van der Waals surface area contributed by atoms with Crippen LogP contribution >= 0.6 is 0 Å². The summed E-state index contributed by atoms with van der Waals surface area (Å²) in [4.78, 5) is 26.1. The van der Waals surface area contributed by atoms with Gasteiger partial charge in [-0.25, -0.2) is 5.43 Å². The van der Waals surface area contributed by atoms with Gasteiger partial charge < -0.3 is 15.0 Å². The van der Waals surface area contributed by atoms with Gasteiger partial charge in [0.25, 0.3) is 11.8 Å². The number of carbonyl (C=O) groups is 2. The quantitative estimate of drug-likeness (QED) is 0.515. The van der Waals surface area contributed by atoms with Crippen molar-refractivity contribution >= 4 is 23.7 Å². The summed E-state index contributed by atoms with van der Waals surface area (Å²) < 4.78 is 5.04. The van der Waals surface area contributed by atoms with Crippen LogP contribution < -0.4 is 20.4 Å². The van der Waals surface area contributed by atoms with Crippen molar-refractivity contribution in [1.29, 1.82) is 0 Å². The van der Waals surface area contributed by atoms with Crippen LogP contribution in [-0.2, 0) is 4.79 Å². The number of rotatable bonds is 9. The van der Waals surface area contributed by atoms with Gasteiger partial charge in [0, 0.05) is 24.3 Å². The summed E-state index contributed by atoms with van der Waals surface area (Å²) in [5, 5.41) is 6.47. The normalized spacial score (nSPS) is 10.5. The van der Waals surface area contributed by atoms with Gasteiger partial charge in [0.1, 0.15) is 5.75 Å². The first-order chi connectivity index (χ1) is 13.6. The predicted octanol–water partition coefficient (Wildman–Crippen LogP) is 2.42. The van der Waals surface area contributed by atoms with E-state index in [2.05, 4.69) is 34.6 Å². The molecule has 0 spiro atoms. The van der Waals surface area contributed by atoms with Crippen molar-refractivity contribution in [2.45, 2.75) is 13.8 Å². The van der Waals surface area contributed by atoms with E-state index in [-0.39, 0.29) is 12.5 Å². The first-order valence-electron chi connectivity index (χ1n) is 9.16. The number of amides is 2. The molecule has 0 radical (unpaired) electrons. The zero-order chi connectivity index (χ0) is 20.4. The summed E-state index contributed by atoms with van der Waals surface area (Å²) in [6.07, 6.45) is 1.56. The molecule has 148 valence electrons. The molecule has 0 saturated heterocycles. The second-order valence-electron chi connectivity index (χ2n) is 5.97. The predicted molar refractivity (Wildman–Crippen MR) is 111 cm³/mol. The summed E-state index contributed by atoms with van der Waals surface area (Å²) in [7, 11) is 1.55. The fraction of sp³-hybridized carbons (Fsp3) is 0.286. The van der Waals surface area contributed by atoms with E-state index in [1.54, 1.807) is 37.6 Å². The average molecular weight is 382 g/mol. The third-order valence-electron chi connectivity index (χ3n) is 4.19. The second-order valence-corrected chi connectivity index (χ2v) is 5.97. The first-order valence-corrected chi connectivity index (χ1v) is 9.16. The number of nitrogens with one attached hydrogen (secondary N) is 2. The van der Waals surface area contributed by atoms with Crippen molar-refractivity contribution in [2.75, 3.05) is 31.6 Å². The maximum atomic E-state index is 12.0. The van der Waals surface area contributed by atoms with E-state index in [4.69, 9.17) is 4.74 Å². The molecule has 0 heterocycles. The summed E-state index contributed by atoms with van der Waals surface area (Å²) in [5.41, 5.74) is 4.87. The van der Waals surface area contributed by atoms with E-state index in [9.17, 15) is 9.59 Å². The molecule has 0 aliphatic heterocycles. The van der Waals surface area contributed by atoms with Gasteiger partial charge in [-0.2, -0.15) is 5.10 Å². The third-order valence-corrected chi connectivity index (χ3v) is 4.19. The van der Waals surface area contributed by atoms with Gasteiger partial charge in [-0.3, -0.25) is 9.59 Å². The van der Waals surface area contributed by atoms with Gasteiger partial charge in [-0.15, -0.1) is 0 Å². The van der Waals surface area contributed by atoms with Crippen LogP contribution in [0.3, 0.4) is 0 Å². The Kier molecular flexibility index (Phi) is 8.02. The zero-order valence-corrected chi connectivity index (χ0v) is 16.4. The van der Waals surface area contributed by atoms with Gasteiger partial charge in [0.05, 0.1) is 19.9 Å². The Bertz CT molecular complexity index is 797. The molecular formula is C21H26N4O3. The van der Waals surface area contributed by atoms with Crippen molar-refractivity contribution < 1.29 is 14.3 Å². The molecular weight excluding hydrogens is 356 g/mol. The fourth-order valence-corrected chi connectivity index (χ4v) is 2.58. The van der Waals surface area contributed by atoms with Crippen LogP contribution in [0.15, 0.2) is 53.6 Å². The molecule has 2 aromatic carbocycles. The Labute approximate surface area is 165 Å². The van der Waals surface area contributed by atoms with Crippen molar-refractivity contribution in [2.24, 2.45) is 5.10 Å². The summed E-state index contributed by atoms with van der Waals surface area (Å²) in [5.74, 6) is -0.0830. The molecule has 7 heteroatoms. The molecule has 7 nitrogen and oxygen atoms in total. The molecule has 0 unspecified atom stereocenters. The SMILES string of the molecule is CCN(CC)c1ccc(C=NNC(=O)CNC(=O)c2ccc(OC)cc2)cc1. The molecule has 0 aliphatic rings. The van der Waals surface area contributed by atoms with Crippen LogP contribution in [0.25, 0.3) is 0 Å². The van der Waals surface area contributed by atoms with Crippen LogP contribution in [-0.4, -0.2) is 44.8 Å². The minimum atomic E-state index is -0.405.